The summed E-state index contributed by atoms with van der Waals surface area (Å²) in [5, 5.41) is 12.7. The van der Waals surface area contributed by atoms with Gasteiger partial charge >= 0.3 is 12.1 Å². The molecule has 0 amide bonds. The summed E-state index contributed by atoms with van der Waals surface area (Å²) in [5.74, 6) is -0.471. The minimum absolute atomic E-state index is 0.0159. The highest BCUT2D eigenvalue weighted by Crippen LogP contribution is 2.49. The zero-order valence-electron chi connectivity index (χ0n) is 21.8. The summed E-state index contributed by atoms with van der Waals surface area (Å²) in [6.07, 6.45) is 0.0921. The van der Waals surface area contributed by atoms with Crippen LogP contribution in [0, 0.1) is 0 Å². The highest BCUT2D eigenvalue weighted by Gasteiger charge is 2.52. The molecule has 207 valence electrons. The predicted octanol–water partition coefficient (Wildman–Crippen LogP) is 5.13. The largest absolute Gasteiger partial charge is 0.481 e. The molecule has 3 aromatic rings. The van der Waals surface area contributed by atoms with Crippen LogP contribution in [0.15, 0.2) is 54.7 Å². The second-order valence-electron chi connectivity index (χ2n) is 10.4. The molecule has 2 heterocycles. The molecule has 7 nitrogen and oxygen atoms in total. The minimum atomic E-state index is -4.62. The number of piperidine rings is 1. The van der Waals surface area contributed by atoms with Crippen molar-refractivity contribution in [3.8, 4) is 0 Å². The number of aliphatic carboxylic acids is 1. The number of halogens is 3. The second-order valence-corrected chi connectivity index (χ2v) is 10.4. The molecule has 0 spiro atoms. The molecule has 0 bridgehead atoms. The number of aryl methyl sites for hydroxylation is 2. The smallest absolute Gasteiger partial charge is 0.419 e. The Hall–Kier alpha value is -3.73. The maximum absolute atomic E-state index is 13.8. The summed E-state index contributed by atoms with van der Waals surface area (Å²) in [5.41, 5.74) is 1.21. The van der Waals surface area contributed by atoms with Crippen molar-refractivity contribution in [2.75, 3.05) is 18.4 Å². The van der Waals surface area contributed by atoms with Gasteiger partial charge in [-0.3, -0.25) is 4.79 Å². The van der Waals surface area contributed by atoms with Crippen LogP contribution >= 0.6 is 0 Å². The standard InChI is InChI=1S/C29H29BF3N4O3/c31-29(32,33)24-17-34-27(35-22-8-5-19(6-9-22)20-11-15-37(16-12-20)30-18-38)36-25(24)10-7-21-3-1-2-4-23(21)28(13-14-28)26(39)40/h1-6,8-9,17-18,20H,7,10-16H2,(H,39,40)(H,34,35,36). The lowest BCUT2D eigenvalue weighted by molar-refractivity contribution is -0.140. The van der Waals surface area contributed by atoms with Gasteiger partial charge in [-0.1, -0.05) is 36.4 Å². The number of nitrogens with zero attached hydrogens (tertiary/aromatic N) is 3. The van der Waals surface area contributed by atoms with Crippen molar-refractivity contribution in [3.63, 3.8) is 0 Å². The van der Waals surface area contributed by atoms with E-state index in [1.165, 1.54) is 5.56 Å². The summed E-state index contributed by atoms with van der Waals surface area (Å²) in [6.45, 7) is 1.63. The number of benzene rings is 2. The number of hydrogen-bond donors (Lipinski definition) is 2. The number of carbonyl (C=O) groups excluding carboxylic acids is 1. The van der Waals surface area contributed by atoms with E-state index in [2.05, 4.69) is 15.3 Å². The van der Waals surface area contributed by atoms with Gasteiger partial charge in [0, 0.05) is 11.9 Å². The van der Waals surface area contributed by atoms with Gasteiger partial charge in [-0.15, -0.1) is 0 Å². The van der Waals surface area contributed by atoms with E-state index >= 15 is 0 Å². The first-order chi connectivity index (χ1) is 19.2. The fourth-order valence-electron chi connectivity index (χ4n) is 5.52. The first-order valence-corrected chi connectivity index (χ1v) is 13.3. The Balaban J connectivity index is 1.30. The maximum atomic E-state index is 13.8. The SMILES string of the molecule is O=C[B]N1CCC(c2ccc(Nc3ncc(C(F)(F)F)c(CCc4ccccc4C4(C(=O)O)CC4)n3)cc2)CC1. The highest BCUT2D eigenvalue weighted by atomic mass is 19.4. The van der Waals surface area contributed by atoms with Gasteiger partial charge < -0.3 is 20.0 Å². The van der Waals surface area contributed by atoms with E-state index in [1.54, 1.807) is 31.7 Å². The van der Waals surface area contributed by atoms with E-state index in [-0.39, 0.29) is 24.5 Å². The Labute approximate surface area is 231 Å². The predicted molar refractivity (Wildman–Crippen MR) is 145 cm³/mol. The van der Waals surface area contributed by atoms with E-state index < -0.39 is 23.1 Å². The summed E-state index contributed by atoms with van der Waals surface area (Å²) in [7, 11) is 1.57. The summed E-state index contributed by atoms with van der Waals surface area (Å²) in [4.78, 5) is 32.7. The van der Waals surface area contributed by atoms with Crippen LogP contribution in [0.4, 0.5) is 24.8 Å². The topological polar surface area (TPSA) is 95.4 Å². The molecule has 0 unspecified atom stereocenters. The molecule has 5 rings (SSSR count). The van der Waals surface area contributed by atoms with Crippen molar-refractivity contribution in [1.29, 1.82) is 0 Å². The van der Waals surface area contributed by atoms with Gasteiger partial charge in [-0.2, -0.15) is 13.2 Å². The summed E-state index contributed by atoms with van der Waals surface area (Å²) in [6, 6.07) is 14.8. The van der Waals surface area contributed by atoms with Crippen molar-refractivity contribution >= 4 is 31.2 Å². The van der Waals surface area contributed by atoms with Crippen LogP contribution in [0.5, 0.6) is 0 Å². The average molecular weight is 549 g/mol. The fourth-order valence-corrected chi connectivity index (χ4v) is 5.52. The number of rotatable bonds is 10. The molecule has 40 heavy (non-hydrogen) atoms. The van der Waals surface area contributed by atoms with E-state index in [9.17, 15) is 27.9 Å². The van der Waals surface area contributed by atoms with Crippen LogP contribution in [0.3, 0.4) is 0 Å². The molecule has 1 saturated carbocycles. The highest BCUT2D eigenvalue weighted by molar-refractivity contribution is 6.64. The molecule has 1 saturated heterocycles. The lowest BCUT2D eigenvalue weighted by atomic mass is 9.84. The van der Waals surface area contributed by atoms with Crippen LogP contribution in [-0.4, -0.2) is 52.5 Å². The number of alkyl halides is 3. The van der Waals surface area contributed by atoms with E-state index in [0.717, 1.165) is 38.3 Å². The lowest BCUT2D eigenvalue weighted by Gasteiger charge is -2.30. The molecular weight excluding hydrogens is 520 g/mol. The van der Waals surface area contributed by atoms with Crippen LogP contribution in [0.1, 0.15) is 59.5 Å². The van der Waals surface area contributed by atoms with Gasteiger partial charge in [0.15, 0.2) is 0 Å². The fraction of sp³-hybridized carbons (Fsp3) is 0.379. The number of carbonyl (C=O) groups is 2. The first kappa shape index (κ1) is 27.8. The molecule has 0 atom stereocenters. The molecule has 2 fully saturated rings. The number of aromatic nitrogens is 2. The van der Waals surface area contributed by atoms with Crippen LogP contribution in [0.2, 0.25) is 0 Å². The van der Waals surface area contributed by atoms with Crippen LogP contribution in [-0.2, 0) is 34.0 Å². The minimum Gasteiger partial charge on any atom is -0.481 e. The normalized spacial score (nSPS) is 17.3. The molecule has 2 aliphatic rings. The molecule has 11 heteroatoms. The van der Waals surface area contributed by atoms with Crippen LogP contribution in [0.25, 0.3) is 0 Å². The van der Waals surface area contributed by atoms with Crippen molar-refractivity contribution in [2.45, 2.75) is 56.0 Å². The summed E-state index contributed by atoms with van der Waals surface area (Å²) < 4.78 is 41.4. The Morgan fingerprint density at radius 1 is 1.10 bits per heavy atom. The molecule has 2 aromatic carbocycles. The number of anilines is 2. The van der Waals surface area contributed by atoms with Crippen molar-refractivity contribution in [3.05, 3.63) is 82.7 Å². The molecule has 1 aliphatic heterocycles. The zero-order chi connectivity index (χ0) is 28.3. The second kappa shape index (κ2) is 11.4. The van der Waals surface area contributed by atoms with Gasteiger partial charge in [0.25, 0.3) is 7.41 Å². The van der Waals surface area contributed by atoms with Gasteiger partial charge in [0.2, 0.25) is 5.95 Å². The zero-order valence-corrected chi connectivity index (χ0v) is 21.8. The van der Waals surface area contributed by atoms with Gasteiger partial charge in [-0.05, 0) is 86.4 Å². The number of nitrogens with one attached hydrogen (secondary N) is 1. The summed E-state index contributed by atoms with van der Waals surface area (Å²) >= 11 is 0. The van der Waals surface area contributed by atoms with Crippen molar-refractivity contribution in [2.24, 2.45) is 0 Å². The third-order valence-corrected chi connectivity index (χ3v) is 7.94. The van der Waals surface area contributed by atoms with Gasteiger partial charge in [0.05, 0.1) is 22.9 Å². The van der Waals surface area contributed by atoms with Gasteiger partial charge in [-0.25, -0.2) is 9.97 Å². The third kappa shape index (κ3) is 6.04. The average Bonchev–Trinajstić information content (AvgIpc) is 3.75. The molecular formula is C29H29BF3N4O3. The van der Waals surface area contributed by atoms with Gasteiger partial charge in [0.1, 0.15) is 0 Å². The first-order valence-electron chi connectivity index (χ1n) is 13.3. The number of carboxylic acid groups (broad SMARTS) is 1. The maximum Gasteiger partial charge on any atom is 0.419 e. The lowest BCUT2D eigenvalue weighted by Crippen LogP contribution is -2.36. The molecule has 2 N–H and O–H groups in total. The van der Waals surface area contributed by atoms with Crippen molar-refractivity contribution in [1.82, 2.24) is 14.8 Å². The van der Waals surface area contributed by atoms with Crippen molar-refractivity contribution < 1.29 is 27.9 Å². The Morgan fingerprint density at radius 2 is 1.80 bits per heavy atom. The van der Waals surface area contributed by atoms with E-state index in [4.69, 9.17) is 0 Å². The van der Waals surface area contributed by atoms with Crippen LogP contribution < -0.4 is 5.32 Å². The Bertz CT molecular complexity index is 1370. The van der Waals surface area contributed by atoms with E-state index in [0.29, 0.717) is 35.6 Å². The van der Waals surface area contributed by atoms with E-state index in [1.807, 2.05) is 29.1 Å². The number of hydrogen-bond acceptors (Lipinski definition) is 6. The molecule has 1 radical (unpaired) electrons. The quantitative estimate of drug-likeness (QED) is 0.268. The number of carboxylic acids is 1. The third-order valence-electron chi connectivity index (χ3n) is 7.94. The molecule has 1 aromatic heterocycles. The Kier molecular flexibility index (Phi) is 7.94. The monoisotopic (exact) mass is 549 g/mol. The molecule has 1 aliphatic carbocycles. The Morgan fingerprint density at radius 3 is 2.42 bits per heavy atom.